The summed E-state index contributed by atoms with van der Waals surface area (Å²) in [4.78, 5) is 0. The molecule has 0 heterocycles. The van der Waals surface area contributed by atoms with Crippen molar-refractivity contribution in [1.82, 2.24) is 0 Å². The molecule has 2 nitrogen and oxygen atoms in total. The standard InChI is InChI=1S/C18H23NO/c1-14(2)16-7-11-18(12-8-16)20-13-3-4-15-5-9-17(19)10-6-15/h5-12,14H,3-4,13,19H2,1-2H3. The van der Waals surface area contributed by atoms with Crippen LogP contribution in [0.3, 0.4) is 0 Å². The van der Waals surface area contributed by atoms with Gasteiger partial charge in [0.05, 0.1) is 6.61 Å². The molecule has 2 aromatic carbocycles. The molecule has 0 bridgehead atoms. The summed E-state index contributed by atoms with van der Waals surface area (Å²) in [5.74, 6) is 1.52. The normalized spacial score (nSPS) is 10.8. The van der Waals surface area contributed by atoms with Crippen molar-refractivity contribution in [2.24, 2.45) is 0 Å². The van der Waals surface area contributed by atoms with E-state index >= 15 is 0 Å². The number of benzene rings is 2. The summed E-state index contributed by atoms with van der Waals surface area (Å²) >= 11 is 0. The molecule has 0 atom stereocenters. The van der Waals surface area contributed by atoms with E-state index in [0.29, 0.717) is 5.92 Å². The Morgan fingerprint density at radius 1 is 0.950 bits per heavy atom. The second kappa shape index (κ2) is 6.99. The lowest BCUT2D eigenvalue weighted by Gasteiger charge is -2.09. The molecule has 0 radical (unpaired) electrons. The molecule has 2 heteroatoms. The van der Waals surface area contributed by atoms with Gasteiger partial charge in [0.25, 0.3) is 0 Å². The smallest absolute Gasteiger partial charge is 0.119 e. The van der Waals surface area contributed by atoms with E-state index < -0.39 is 0 Å². The van der Waals surface area contributed by atoms with E-state index in [9.17, 15) is 0 Å². The van der Waals surface area contributed by atoms with Gasteiger partial charge < -0.3 is 10.5 Å². The largest absolute Gasteiger partial charge is 0.494 e. The maximum absolute atomic E-state index is 5.76. The summed E-state index contributed by atoms with van der Waals surface area (Å²) in [7, 11) is 0. The Labute approximate surface area is 121 Å². The van der Waals surface area contributed by atoms with Crippen molar-refractivity contribution in [3.63, 3.8) is 0 Å². The first-order chi connectivity index (χ1) is 9.65. The van der Waals surface area contributed by atoms with Crippen LogP contribution in [0.5, 0.6) is 5.75 Å². The molecule has 0 amide bonds. The first-order valence-corrected chi connectivity index (χ1v) is 7.22. The second-order valence-corrected chi connectivity index (χ2v) is 5.42. The molecule has 106 valence electrons. The fourth-order valence-electron chi connectivity index (χ4n) is 2.10. The van der Waals surface area contributed by atoms with Crippen LogP contribution in [0.4, 0.5) is 5.69 Å². The molecule has 0 spiro atoms. The van der Waals surface area contributed by atoms with E-state index in [1.54, 1.807) is 0 Å². The molecule has 0 aliphatic carbocycles. The van der Waals surface area contributed by atoms with Gasteiger partial charge in [-0.3, -0.25) is 0 Å². The number of ether oxygens (including phenoxy) is 1. The highest BCUT2D eigenvalue weighted by Crippen LogP contribution is 2.18. The van der Waals surface area contributed by atoms with Crippen LogP contribution in [0.1, 0.15) is 37.3 Å². The van der Waals surface area contributed by atoms with Gasteiger partial charge in [-0.25, -0.2) is 0 Å². The molecule has 0 unspecified atom stereocenters. The van der Waals surface area contributed by atoms with Crippen LogP contribution in [-0.4, -0.2) is 6.61 Å². The molecule has 0 aliphatic rings. The van der Waals surface area contributed by atoms with Crippen LogP contribution in [0.2, 0.25) is 0 Å². The van der Waals surface area contributed by atoms with Gasteiger partial charge in [0.2, 0.25) is 0 Å². The second-order valence-electron chi connectivity index (χ2n) is 5.42. The lowest BCUT2D eigenvalue weighted by molar-refractivity contribution is 0.311. The van der Waals surface area contributed by atoms with Crippen LogP contribution >= 0.6 is 0 Å². The van der Waals surface area contributed by atoms with Crippen molar-refractivity contribution < 1.29 is 4.74 Å². The SMILES string of the molecule is CC(C)c1ccc(OCCCc2ccc(N)cc2)cc1. The number of hydrogen-bond donors (Lipinski definition) is 1. The topological polar surface area (TPSA) is 35.2 Å². The molecule has 2 N–H and O–H groups in total. The van der Waals surface area contributed by atoms with E-state index in [0.717, 1.165) is 30.9 Å². The first kappa shape index (κ1) is 14.4. The third-order valence-corrected chi connectivity index (χ3v) is 3.41. The van der Waals surface area contributed by atoms with Crippen LogP contribution in [0.15, 0.2) is 48.5 Å². The van der Waals surface area contributed by atoms with Gasteiger partial charge in [-0.15, -0.1) is 0 Å². The summed E-state index contributed by atoms with van der Waals surface area (Å²) in [6.45, 7) is 5.14. The molecule has 0 aliphatic heterocycles. The van der Waals surface area contributed by atoms with Gasteiger partial charge in [-0.1, -0.05) is 38.1 Å². The summed E-state index contributed by atoms with van der Waals surface area (Å²) in [6, 6.07) is 16.4. The lowest BCUT2D eigenvalue weighted by atomic mass is 10.0. The fourth-order valence-corrected chi connectivity index (χ4v) is 2.10. The van der Waals surface area contributed by atoms with Crippen LogP contribution in [0, 0.1) is 0 Å². The average molecular weight is 269 g/mol. The van der Waals surface area contributed by atoms with Gasteiger partial charge in [0, 0.05) is 5.69 Å². The first-order valence-electron chi connectivity index (χ1n) is 7.22. The summed E-state index contributed by atoms with van der Waals surface area (Å²) in [5, 5.41) is 0. The van der Waals surface area contributed by atoms with Gasteiger partial charge in [-0.05, 0) is 54.2 Å². The van der Waals surface area contributed by atoms with E-state index in [4.69, 9.17) is 10.5 Å². The predicted octanol–water partition coefficient (Wildman–Crippen LogP) is 4.40. The van der Waals surface area contributed by atoms with Gasteiger partial charge >= 0.3 is 0 Å². The maximum atomic E-state index is 5.76. The van der Waals surface area contributed by atoms with Crippen LogP contribution < -0.4 is 10.5 Å². The minimum absolute atomic E-state index is 0.564. The van der Waals surface area contributed by atoms with E-state index in [-0.39, 0.29) is 0 Å². The van der Waals surface area contributed by atoms with Gasteiger partial charge in [0.1, 0.15) is 5.75 Å². The highest BCUT2D eigenvalue weighted by atomic mass is 16.5. The number of hydrogen-bond acceptors (Lipinski definition) is 2. The molecule has 0 aromatic heterocycles. The van der Waals surface area contributed by atoms with Gasteiger partial charge in [0.15, 0.2) is 0 Å². The molecular weight excluding hydrogens is 246 g/mol. The third-order valence-electron chi connectivity index (χ3n) is 3.41. The number of nitrogens with two attached hydrogens (primary N) is 1. The number of aryl methyl sites for hydroxylation is 1. The molecule has 2 rings (SSSR count). The molecule has 0 saturated heterocycles. The van der Waals surface area contributed by atoms with Crippen molar-refractivity contribution >= 4 is 5.69 Å². The van der Waals surface area contributed by atoms with E-state index in [1.165, 1.54) is 11.1 Å². The monoisotopic (exact) mass is 269 g/mol. The average Bonchev–Trinajstić information content (AvgIpc) is 2.46. The molecule has 0 saturated carbocycles. The zero-order valence-electron chi connectivity index (χ0n) is 12.3. The van der Waals surface area contributed by atoms with Crippen molar-refractivity contribution in [3.05, 3.63) is 59.7 Å². The Kier molecular flexibility index (Phi) is 5.05. The number of nitrogen functional groups attached to an aromatic ring is 1. The molecular formula is C18H23NO. The van der Waals surface area contributed by atoms with Crippen molar-refractivity contribution in [1.29, 1.82) is 0 Å². The Balaban J connectivity index is 1.74. The Morgan fingerprint density at radius 3 is 2.20 bits per heavy atom. The summed E-state index contributed by atoms with van der Waals surface area (Å²) in [6.07, 6.45) is 2.03. The zero-order chi connectivity index (χ0) is 14.4. The van der Waals surface area contributed by atoms with Crippen LogP contribution in [-0.2, 0) is 6.42 Å². The zero-order valence-corrected chi connectivity index (χ0v) is 12.3. The van der Waals surface area contributed by atoms with Crippen LogP contribution in [0.25, 0.3) is 0 Å². The van der Waals surface area contributed by atoms with E-state index in [1.807, 2.05) is 12.1 Å². The molecule has 20 heavy (non-hydrogen) atoms. The summed E-state index contributed by atoms with van der Waals surface area (Å²) < 4.78 is 5.76. The Bertz CT molecular complexity index is 514. The highest BCUT2D eigenvalue weighted by Gasteiger charge is 1.99. The van der Waals surface area contributed by atoms with Crippen molar-refractivity contribution in [3.8, 4) is 5.75 Å². The molecule has 0 fully saturated rings. The quantitative estimate of drug-likeness (QED) is 0.623. The van der Waals surface area contributed by atoms with E-state index in [2.05, 4.69) is 50.2 Å². The molecule has 2 aromatic rings. The van der Waals surface area contributed by atoms with Crippen molar-refractivity contribution in [2.75, 3.05) is 12.3 Å². The fraction of sp³-hybridized carbons (Fsp3) is 0.333. The maximum Gasteiger partial charge on any atom is 0.119 e. The summed E-state index contributed by atoms with van der Waals surface area (Å²) in [5.41, 5.74) is 9.13. The number of anilines is 1. The predicted molar refractivity (Wildman–Crippen MR) is 85.2 cm³/mol. The Hall–Kier alpha value is -1.96. The highest BCUT2D eigenvalue weighted by molar-refractivity contribution is 5.39. The lowest BCUT2D eigenvalue weighted by Crippen LogP contribution is -2.00. The Morgan fingerprint density at radius 2 is 1.60 bits per heavy atom. The third kappa shape index (κ3) is 4.30. The van der Waals surface area contributed by atoms with Crippen molar-refractivity contribution in [2.45, 2.75) is 32.6 Å². The minimum Gasteiger partial charge on any atom is -0.494 e. The minimum atomic E-state index is 0.564. The number of rotatable bonds is 6. The van der Waals surface area contributed by atoms with Gasteiger partial charge in [-0.2, -0.15) is 0 Å².